The van der Waals surface area contributed by atoms with Gasteiger partial charge in [0.2, 0.25) is 0 Å². The minimum Gasteiger partial charge on any atom is -0.311 e. The van der Waals surface area contributed by atoms with Gasteiger partial charge in [0.1, 0.15) is 0 Å². The molecule has 0 spiro atoms. The van der Waals surface area contributed by atoms with Crippen molar-refractivity contribution in [3.8, 4) is 0 Å². The Hall–Kier alpha value is -0.0800. The first-order chi connectivity index (χ1) is 7.54. The van der Waals surface area contributed by atoms with E-state index in [0.29, 0.717) is 6.04 Å². The van der Waals surface area contributed by atoms with Crippen LogP contribution in [-0.2, 0) is 0 Å². The zero-order valence-corrected chi connectivity index (χ0v) is 11.8. The molecule has 0 aromatic rings. The summed E-state index contributed by atoms with van der Waals surface area (Å²) < 4.78 is 0. The van der Waals surface area contributed by atoms with Gasteiger partial charge in [0.15, 0.2) is 0 Å². The van der Waals surface area contributed by atoms with Crippen molar-refractivity contribution in [3.05, 3.63) is 0 Å². The van der Waals surface area contributed by atoms with Gasteiger partial charge >= 0.3 is 0 Å². The molecule has 96 valence electrons. The van der Waals surface area contributed by atoms with Gasteiger partial charge in [-0.05, 0) is 31.7 Å². The zero-order valence-electron chi connectivity index (χ0n) is 11.8. The molecule has 1 saturated heterocycles. The molecule has 2 nitrogen and oxygen atoms in total. The molecule has 0 saturated carbocycles. The van der Waals surface area contributed by atoms with Crippen molar-refractivity contribution < 1.29 is 0 Å². The summed E-state index contributed by atoms with van der Waals surface area (Å²) in [7, 11) is 0. The Morgan fingerprint density at radius 2 is 2.00 bits per heavy atom. The fourth-order valence-corrected chi connectivity index (χ4v) is 2.52. The largest absolute Gasteiger partial charge is 0.311 e. The molecule has 3 unspecified atom stereocenters. The summed E-state index contributed by atoms with van der Waals surface area (Å²) >= 11 is 0. The zero-order chi connectivity index (χ0) is 12.1. The third-order valence-corrected chi connectivity index (χ3v) is 3.95. The molecular weight excluding hydrogens is 196 g/mol. The summed E-state index contributed by atoms with van der Waals surface area (Å²) in [6.45, 7) is 15.3. The molecule has 3 atom stereocenters. The van der Waals surface area contributed by atoms with Crippen LogP contribution in [0.5, 0.6) is 0 Å². The predicted octanol–water partition coefficient (Wildman–Crippen LogP) is 2.74. The molecule has 2 heteroatoms. The Labute approximate surface area is 102 Å². The summed E-state index contributed by atoms with van der Waals surface area (Å²) in [4.78, 5) is 2.72. The van der Waals surface area contributed by atoms with Gasteiger partial charge in [0.25, 0.3) is 0 Å². The van der Waals surface area contributed by atoms with E-state index in [9.17, 15) is 0 Å². The van der Waals surface area contributed by atoms with Crippen molar-refractivity contribution in [2.24, 2.45) is 11.8 Å². The second-order valence-electron chi connectivity index (χ2n) is 5.94. The van der Waals surface area contributed by atoms with Gasteiger partial charge in [-0.15, -0.1) is 0 Å². The van der Waals surface area contributed by atoms with Crippen LogP contribution in [0.1, 0.15) is 47.5 Å². The third-order valence-electron chi connectivity index (χ3n) is 3.95. The highest BCUT2D eigenvalue weighted by Gasteiger charge is 2.28. The van der Waals surface area contributed by atoms with Crippen molar-refractivity contribution in [1.82, 2.24) is 10.2 Å². The van der Waals surface area contributed by atoms with E-state index in [2.05, 4.69) is 44.8 Å². The highest BCUT2D eigenvalue weighted by Crippen LogP contribution is 2.19. The number of hydrogen-bond acceptors (Lipinski definition) is 2. The normalized spacial score (nSPS) is 29.6. The molecule has 0 radical (unpaired) electrons. The Bertz CT molecular complexity index is 191. The minimum absolute atomic E-state index is 0.660. The molecule has 1 fully saturated rings. The average Bonchev–Trinajstić information content (AvgIpc) is 2.25. The van der Waals surface area contributed by atoms with E-state index in [0.717, 1.165) is 17.9 Å². The molecule has 0 bridgehead atoms. The molecule has 1 N–H and O–H groups in total. The number of hydrogen-bond donors (Lipinski definition) is 1. The first-order valence-corrected chi connectivity index (χ1v) is 7.02. The van der Waals surface area contributed by atoms with Gasteiger partial charge in [0, 0.05) is 25.2 Å². The maximum Gasteiger partial charge on any atom is 0.0246 e. The Morgan fingerprint density at radius 1 is 1.31 bits per heavy atom. The Balaban J connectivity index is 2.51. The van der Waals surface area contributed by atoms with Crippen molar-refractivity contribution in [2.75, 3.05) is 19.6 Å². The van der Waals surface area contributed by atoms with E-state index in [1.807, 2.05) is 0 Å². The predicted molar refractivity (Wildman–Crippen MR) is 71.7 cm³/mol. The molecule has 0 aromatic heterocycles. The fraction of sp³-hybridized carbons (Fsp3) is 1.00. The summed E-state index contributed by atoms with van der Waals surface area (Å²) in [6.07, 6.45) is 2.62. The Kier molecular flexibility index (Phi) is 5.77. The number of nitrogens with one attached hydrogen (secondary N) is 1. The lowest BCUT2D eigenvalue weighted by molar-refractivity contribution is 0.0908. The highest BCUT2D eigenvalue weighted by molar-refractivity contribution is 4.86. The molecule has 1 heterocycles. The summed E-state index contributed by atoms with van der Waals surface area (Å²) in [6, 6.07) is 1.41. The van der Waals surface area contributed by atoms with Gasteiger partial charge in [-0.1, -0.05) is 34.1 Å². The standard InChI is InChI=1S/C14H30N2/c1-6-12(4)14-9-15-13(5)10-16(14)8-7-11(2)3/h11-15H,6-10H2,1-5H3. The third kappa shape index (κ3) is 4.06. The first-order valence-electron chi connectivity index (χ1n) is 7.02. The average molecular weight is 226 g/mol. The lowest BCUT2D eigenvalue weighted by Crippen LogP contribution is -2.57. The van der Waals surface area contributed by atoms with E-state index in [1.165, 1.54) is 32.5 Å². The van der Waals surface area contributed by atoms with Crippen molar-refractivity contribution in [2.45, 2.75) is 59.5 Å². The van der Waals surface area contributed by atoms with Crippen LogP contribution in [0.15, 0.2) is 0 Å². The highest BCUT2D eigenvalue weighted by atomic mass is 15.2. The van der Waals surface area contributed by atoms with E-state index < -0.39 is 0 Å². The Morgan fingerprint density at radius 3 is 2.56 bits per heavy atom. The summed E-state index contributed by atoms with van der Waals surface area (Å²) in [5.41, 5.74) is 0. The van der Waals surface area contributed by atoms with Crippen LogP contribution >= 0.6 is 0 Å². The molecule has 0 aliphatic carbocycles. The van der Waals surface area contributed by atoms with Crippen LogP contribution in [-0.4, -0.2) is 36.6 Å². The fourth-order valence-electron chi connectivity index (χ4n) is 2.52. The van der Waals surface area contributed by atoms with Gasteiger partial charge in [0.05, 0.1) is 0 Å². The maximum atomic E-state index is 3.62. The number of piperazine rings is 1. The van der Waals surface area contributed by atoms with Crippen molar-refractivity contribution in [3.63, 3.8) is 0 Å². The molecule has 0 aromatic carbocycles. The molecule has 1 aliphatic heterocycles. The van der Waals surface area contributed by atoms with Crippen LogP contribution < -0.4 is 5.32 Å². The van der Waals surface area contributed by atoms with Gasteiger partial charge < -0.3 is 5.32 Å². The molecule has 16 heavy (non-hydrogen) atoms. The second-order valence-corrected chi connectivity index (χ2v) is 5.94. The first kappa shape index (κ1) is 14.0. The molecular formula is C14H30N2. The van der Waals surface area contributed by atoms with Crippen LogP contribution in [0, 0.1) is 11.8 Å². The monoisotopic (exact) mass is 226 g/mol. The molecule has 1 rings (SSSR count). The number of rotatable bonds is 5. The van der Waals surface area contributed by atoms with Gasteiger partial charge in [-0.2, -0.15) is 0 Å². The molecule has 1 aliphatic rings. The van der Waals surface area contributed by atoms with Gasteiger partial charge in [-0.3, -0.25) is 4.90 Å². The lowest BCUT2D eigenvalue weighted by atomic mass is 9.94. The quantitative estimate of drug-likeness (QED) is 0.775. The van der Waals surface area contributed by atoms with Crippen molar-refractivity contribution >= 4 is 0 Å². The van der Waals surface area contributed by atoms with Crippen LogP contribution in [0.3, 0.4) is 0 Å². The van der Waals surface area contributed by atoms with E-state index in [-0.39, 0.29) is 0 Å². The van der Waals surface area contributed by atoms with E-state index >= 15 is 0 Å². The summed E-state index contributed by atoms with van der Waals surface area (Å²) in [5.74, 6) is 1.63. The van der Waals surface area contributed by atoms with Gasteiger partial charge in [-0.25, -0.2) is 0 Å². The van der Waals surface area contributed by atoms with Crippen LogP contribution in [0.2, 0.25) is 0 Å². The topological polar surface area (TPSA) is 15.3 Å². The summed E-state index contributed by atoms with van der Waals surface area (Å²) in [5, 5.41) is 3.62. The number of nitrogens with zero attached hydrogens (tertiary/aromatic N) is 1. The minimum atomic E-state index is 0.660. The van der Waals surface area contributed by atoms with Crippen molar-refractivity contribution in [1.29, 1.82) is 0 Å². The van der Waals surface area contributed by atoms with Crippen LogP contribution in [0.4, 0.5) is 0 Å². The smallest absolute Gasteiger partial charge is 0.0246 e. The lowest BCUT2D eigenvalue weighted by Gasteiger charge is -2.42. The van der Waals surface area contributed by atoms with E-state index in [4.69, 9.17) is 0 Å². The SMILES string of the molecule is CCC(C)C1CNC(C)CN1CCC(C)C. The van der Waals surface area contributed by atoms with Crippen LogP contribution in [0.25, 0.3) is 0 Å². The maximum absolute atomic E-state index is 3.62. The van der Waals surface area contributed by atoms with E-state index in [1.54, 1.807) is 0 Å². The molecule has 0 amide bonds. The second kappa shape index (κ2) is 6.61.